The molecule has 130 valence electrons. The first-order valence-corrected chi connectivity index (χ1v) is 8.55. The fraction of sp³-hybridized carbons (Fsp3) is 0.688. The normalized spacial score (nSPS) is 26.6. The first-order valence-electron chi connectivity index (χ1n) is 8.55. The van der Waals surface area contributed by atoms with E-state index in [1.54, 1.807) is 10.9 Å². The van der Waals surface area contributed by atoms with Gasteiger partial charge in [-0.05, 0) is 25.8 Å². The molecule has 3 heterocycles. The van der Waals surface area contributed by atoms with E-state index >= 15 is 0 Å². The first kappa shape index (κ1) is 15.7. The number of ether oxygens (including phenoxy) is 1. The van der Waals surface area contributed by atoms with Crippen LogP contribution in [0.4, 0.5) is 0 Å². The van der Waals surface area contributed by atoms with Gasteiger partial charge in [0, 0.05) is 31.4 Å². The molecule has 2 aromatic rings. The topological polar surface area (TPSA) is 89.4 Å². The highest BCUT2D eigenvalue weighted by Crippen LogP contribution is 2.39. The Labute approximate surface area is 140 Å². The van der Waals surface area contributed by atoms with E-state index in [1.807, 2.05) is 19.2 Å². The van der Waals surface area contributed by atoms with Crippen LogP contribution in [-0.2, 0) is 11.3 Å². The van der Waals surface area contributed by atoms with Crippen molar-refractivity contribution in [1.29, 1.82) is 0 Å². The average molecular weight is 333 g/mol. The molecule has 2 aromatic heterocycles. The molecule has 2 fully saturated rings. The van der Waals surface area contributed by atoms with Crippen LogP contribution in [0.2, 0.25) is 0 Å². The second-order valence-electron chi connectivity index (χ2n) is 6.66. The average Bonchev–Trinajstić information content (AvgIpc) is 3.06. The smallest absolute Gasteiger partial charge is 0.246 e. The van der Waals surface area contributed by atoms with E-state index in [0.29, 0.717) is 31.5 Å². The molecule has 8 heteroatoms. The molecule has 1 aliphatic carbocycles. The van der Waals surface area contributed by atoms with Crippen molar-refractivity contribution in [2.24, 2.45) is 0 Å². The summed E-state index contributed by atoms with van der Waals surface area (Å²) < 4.78 is 13.0. The van der Waals surface area contributed by atoms with Crippen LogP contribution >= 0.6 is 0 Å². The summed E-state index contributed by atoms with van der Waals surface area (Å²) in [5.41, 5.74) is 0. The summed E-state index contributed by atoms with van der Waals surface area (Å²) in [5.74, 6) is 1.86. The van der Waals surface area contributed by atoms with Gasteiger partial charge in [0.1, 0.15) is 6.04 Å². The summed E-state index contributed by atoms with van der Waals surface area (Å²) in [5, 5.41) is 18.7. The largest absolute Gasteiger partial charge is 0.390 e. The second kappa shape index (κ2) is 6.62. The maximum Gasteiger partial charge on any atom is 0.246 e. The number of hydrogen-bond acceptors (Lipinski definition) is 7. The highest BCUT2D eigenvalue weighted by Gasteiger charge is 2.37. The second-order valence-corrected chi connectivity index (χ2v) is 6.66. The molecule has 0 amide bonds. The van der Waals surface area contributed by atoms with Gasteiger partial charge in [0.25, 0.3) is 0 Å². The van der Waals surface area contributed by atoms with Gasteiger partial charge in [0.05, 0.1) is 25.4 Å². The first-order chi connectivity index (χ1) is 11.7. The SMILES string of the molecule is C[C@H]1OCCN(CC(O)Cn2cccn2)[C@@H]1c1nc(C2CC2)no1. The third-order valence-corrected chi connectivity index (χ3v) is 4.65. The quantitative estimate of drug-likeness (QED) is 0.842. The number of aliphatic hydroxyl groups is 1. The predicted molar refractivity (Wildman–Crippen MR) is 84.2 cm³/mol. The van der Waals surface area contributed by atoms with Crippen LogP contribution in [-0.4, -0.2) is 61.8 Å². The van der Waals surface area contributed by atoms with Crippen molar-refractivity contribution in [2.45, 2.75) is 50.5 Å². The van der Waals surface area contributed by atoms with Crippen molar-refractivity contribution in [3.8, 4) is 0 Å². The van der Waals surface area contributed by atoms with Crippen molar-refractivity contribution in [3.63, 3.8) is 0 Å². The summed E-state index contributed by atoms with van der Waals surface area (Å²) in [6, 6.07) is 1.73. The number of morpholine rings is 1. The Bertz CT molecular complexity index is 654. The van der Waals surface area contributed by atoms with Gasteiger partial charge < -0.3 is 14.4 Å². The lowest BCUT2D eigenvalue weighted by atomic mass is 10.1. The number of nitrogens with zero attached hydrogens (tertiary/aromatic N) is 5. The zero-order chi connectivity index (χ0) is 16.5. The molecule has 1 saturated heterocycles. The lowest BCUT2D eigenvalue weighted by Crippen LogP contribution is -2.47. The van der Waals surface area contributed by atoms with Crippen LogP contribution in [0.1, 0.15) is 43.4 Å². The highest BCUT2D eigenvalue weighted by molar-refractivity contribution is 5.06. The van der Waals surface area contributed by atoms with Crippen molar-refractivity contribution in [3.05, 3.63) is 30.2 Å². The summed E-state index contributed by atoms with van der Waals surface area (Å²) in [6.45, 7) is 4.35. The van der Waals surface area contributed by atoms with Crippen LogP contribution in [0, 0.1) is 0 Å². The van der Waals surface area contributed by atoms with Crippen LogP contribution in [0.15, 0.2) is 23.0 Å². The third kappa shape index (κ3) is 3.35. The maximum absolute atomic E-state index is 10.4. The van der Waals surface area contributed by atoms with Gasteiger partial charge >= 0.3 is 0 Å². The van der Waals surface area contributed by atoms with Gasteiger partial charge in [-0.1, -0.05) is 5.16 Å². The lowest BCUT2D eigenvalue weighted by molar-refractivity contribution is -0.0850. The highest BCUT2D eigenvalue weighted by atomic mass is 16.5. The van der Waals surface area contributed by atoms with Crippen molar-refractivity contribution < 1.29 is 14.4 Å². The number of aromatic nitrogens is 4. The molecule has 8 nitrogen and oxygen atoms in total. The van der Waals surface area contributed by atoms with Crippen LogP contribution in [0.5, 0.6) is 0 Å². The van der Waals surface area contributed by atoms with Gasteiger partial charge in [-0.2, -0.15) is 10.1 Å². The van der Waals surface area contributed by atoms with E-state index in [9.17, 15) is 5.11 Å². The molecule has 2 aliphatic rings. The molecule has 1 saturated carbocycles. The lowest BCUT2D eigenvalue weighted by Gasteiger charge is -2.38. The molecule has 0 radical (unpaired) electrons. The number of rotatable bonds is 6. The van der Waals surface area contributed by atoms with Crippen LogP contribution in [0.3, 0.4) is 0 Å². The van der Waals surface area contributed by atoms with Gasteiger partial charge in [-0.3, -0.25) is 9.58 Å². The fourth-order valence-electron chi connectivity index (χ4n) is 3.27. The summed E-state index contributed by atoms with van der Waals surface area (Å²) in [4.78, 5) is 6.75. The molecule has 1 aliphatic heterocycles. The number of hydrogen-bond donors (Lipinski definition) is 1. The molecule has 1 unspecified atom stereocenters. The van der Waals surface area contributed by atoms with E-state index in [4.69, 9.17) is 9.26 Å². The zero-order valence-corrected chi connectivity index (χ0v) is 13.8. The van der Waals surface area contributed by atoms with Crippen molar-refractivity contribution in [1.82, 2.24) is 24.8 Å². The van der Waals surface area contributed by atoms with E-state index in [-0.39, 0.29) is 12.1 Å². The maximum atomic E-state index is 10.4. The Hall–Kier alpha value is -1.77. The standard InChI is InChI=1S/C16H23N5O3/c1-11-14(16-18-15(19-24-16)12-3-4-12)20(7-8-23-11)9-13(22)10-21-6-2-5-17-21/h2,5-6,11-14,22H,3-4,7-10H2,1H3/t11-,13?,14+/m1/s1. The van der Waals surface area contributed by atoms with E-state index in [2.05, 4.69) is 20.1 Å². The van der Waals surface area contributed by atoms with E-state index in [1.165, 1.54) is 0 Å². The number of β-amino-alcohol motifs (C(OH)–C–C–N with tert-alkyl or cyclic N) is 1. The van der Waals surface area contributed by atoms with Gasteiger partial charge in [0.2, 0.25) is 5.89 Å². The third-order valence-electron chi connectivity index (χ3n) is 4.65. The molecular weight excluding hydrogens is 310 g/mol. The molecule has 1 N–H and O–H groups in total. The molecular formula is C16H23N5O3. The van der Waals surface area contributed by atoms with Crippen molar-refractivity contribution >= 4 is 0 Å². The summed E-state index contributed by atoms with van der Waals surface area (Å²) >= 11 is 0. The number of aliphatic hydroxyl groups excluding tert-OH is 1. The molecule has 0 bridgehead atoms. The van der Waals surface area contributed by atoms with Gasteiger partial charge in [0.15, 0.2) is 5.82 Å². The Morgan fingerprint density at radius 3 is 3.00 bits per heavy atom. The zero-order valence-electron chi connectivity index (χ0n) is 13.8. The monoisotopic (exact) mass is 333 g/mol. The minimum atomic E-state index is -0.525. The van der Waals surface area contributed by atoms with Crippen molar-refractivity contribution in [2.75, 3.05) is 19.7 Å². The molecule has 4 rings (SSSR count). The Balaban J connectivity index is 1.46. The fourth-order valence-corrected chi connectivity index (χ4v) is 3.27. The Morgan fingerprint density at radius 2 is 2.25 bits per heavy atom. The van der Waals surface area contributed by atoms with Gasteiger partial charge in [-0.25, -0.2) is 0 Å². The minimum absolute atomic E-state index is 0.0526. The van der Waals surface area contributed by atoms with E-state index in [0.717, 1.165) is 25.2 Å². The molecule has 0 aromatic carbocycles. The Morgan fingerprint density at radius 1 is 1.38 bits per heavy atom. The minimum Gasteiger partial charge on any atom is -0.390 e. The Kier molecular flexibility index (Phi) is 4.34. The summed E-state index contributed by atoms with van der Waals surface area (Å²) in [6.07, 6.45) is 5.27. The summed E-state index contributed by atoms with van der Waals surface area (Å²) in [7, 11) is 0. The van der Waals surface area contributed by atoms with Gasteiger partial charge in [-0.15, -0.1) is 0 Å². The van der Waals surface area contributed by atoms with Crippen LogP contribution < -0.4 is 0 Å². The predicted octanol–water partition coefficient (Wildman–Crippen LogP) is 0.966. The van der Waals surface area contributed by atoms with Crippen LogP contribution in [0.25, 0.3) is 0 Å². The molecule has 3 atom stereocenters. The molecule has 0 spiro atoms. The van der Waals surface area contributed by atoms with E-state index < -0.39 is 6.10 Å². The molecule has 24 heavy (non-hydrogen) atoms.